The van der Waals surface area contributed by atoms with Crippen molar-refractivity contribution in [2.45, 2.75) is 44.8 Å². The van der Waals surface area contributed by atoms with Gasteiger partial charge in [-0.2, -0.15) is 0 Å². The molecule has 0 spiro atoms. The van der Waals surface area contributed by atoms with Gasteiger partial charge in [0.2, 0.25) is 0 Å². The minimum Gasteiger partial charge on any atom is -0.497 e. The zero-order valence-electron chi connectivity index (χ0n) is 12.7. The number of likely N-dealkylation sites (tertiary alicyclic amines) is 1. The predicted octanol–water partition coefficient (Wildman–Crippen LogP) is 2.85. The highest BCUT2D eigenvalue weighted by molar-refractivity contribution is 5.89. The number of ether oxygens (including phenoxy) is 1. The summed E-state index contributed by atoms with van der Waals surface area (Å²) in [6.45, 7) is 2.63. The normalized spacial score (nSPS) is 20.0. The van der Waals surface area contributed by atoms with Gasteiger partial charge in [0, 0.05) is 18.3 Å². The van der Waals surface area contributed by atoms with Gasteiger partial charge in [0.1, 0.15) is 5.75 Å². The lowest BCUT2D eigenvalue weighted by molar-refractivity contribution is 0.0471. The van der Waals surface area contributed by atoms with E-state index < -0.39 is 6.10 Å². The molecule has 1 heterocycles. The van der Waals surface area contributed by atoms with Crippen LogP contribution in [0.25, 0.3) is 0 Å². The molecule has 2 N–H and O–H groups in total. The highest BCUT2D eigenvalue weighted by Crippen LogP contribution is 2.23. The van der Waals surface area contributed by atoms with Gasteiger partial charge in [-0.15, -0.1) is 0 Å². The van der Waals surface area contributed by atoms with Crippen molar-refractivity contribution in [1.29, 1.82) is 0 Å². The second kappa shape index (κ2) is 7.31. The molecule has 2 rings (SSSR count). The van der Waals surface area contributed by atoms with Gasteiger partial charge in [0.25, 0.3) is 0 Å². The summed E-state index contributed by atoms with van der Waals surface area (Å²) in [5.74, 6) is 0.705. The minimum atomic E-state index is -0.457. The molecule has 21 heavy (non-hydrogen) atoms. The third-order valence-corrected chi connectivity index (χ3v) is 3.99. The van der Waals surface area contributed by atoms with Gasteiger partial charge in [-0.05, 0) is 37.8 Å². The number of carbonyl (C=O) groups excluding carboxylic acids is 1. The Kier molecular flexibility index (Phi) is 5.44. The number of anilines is 1. The molecule has 116 valence electrons. The fraction of sp³-hybridized carbons (Fsp3) is 0.562. The average molecular weight is 292 g/mol. The van der Waals surface area contributed by atoms with Crippen LogP contribution >= 0.6 is 0 Å². The van der Waals surface area contributed by atoms with Crippen LogP contribution in [-0.2, 0) is 0 Å². The maximum absolute atomic E-state index is 12.5. The first-order valence-electron chi connectivity index (χ1n) is 7.55. The molecule has 5 nitrogen and oxygen atoms in total. The van der Waals surface area contributed by atoms with E-state index in [1.807, 2.05) is 25.1 Å². The van der Waals surface area contributed by atoms with Crippen molar-refractivity contribution in [2.75, 3.05) is 19.0 Å². The van der Waals surface area contributed by atoms with Crippen LogP contribution in [0, 0.1) is 0 Å². The Hall–Kier alpha value is -1.75. The summed E-state index contributed by atoms with van der Waals surface area (Å²) in [5, 5.41) is 13.0. The average Bonchev–Trinajstić information content (AvgIpc) is 2.54. The first kappa shape index (κ1) is 15.6. The highest BCUT2D eigenvalue weighted by Gasteiger charge is 2.31. The molecule has 2 atom stereocenters. The van der Waals surface area contributed by atoms with E-state index in [2.05, 4.69) is 5.32 Å². The lowest BCUT2D eigenvalue weighted by Crippen LogP contribution is -2.51. The molecular weight excluding hydrogens is 268 g/mol. The highest BCUT2D eigenvalue weighted by atomic mass is 16.5. The second-order valence-corrected chi connectivity index (χ2v) is 5.39. The van der Waals surface area contributed by atoms with Crippen LogP contribution in [0.2, 0.25) is 0 Å². The summed E-state index contributed by atoms with van der Waals surface area (Å²) in [6, 6.07) is 7.04. The van der Waals surface area contributed by atoms with Gasteiger partial charge in [-0.1, -0.05) is 13.0 Å². The number of nitrogens with one attached hydrogen (secondary N) is 1. The van der Waals surface area contributed by atoms with Gasteiger partial charge in [0.15, 0.2) is 0 Å². The second-order valence-electron chi connectivity index (χ2n) is 5.39. The molecule has 1 saturated heterocycles. The Labute approximate surface area is 125 Å². The molecule has 1 fully saturated rings. The van der Waals surface area contributed by atoms with E-state index in [4.69, 9.17) is 4.74 Å². The number of piperidine rings is 1. The van der Waals surface area contributed by atoms with Crippen molar-refractivity contribution in [3.63, 3.8) is 0 Å². The van der Waals surface area contributed by atoms with Crippen LogP contribution in [0.5, 0.6) is 5.75 Å². The topological polar surface area (TPSA) is 61.8 Å². The number of amides is 2. The van der Waals surface area contributed by atoms with Crippen LogP contribution in [0.3, 0.4) is 0 Å². The van der Waals surface area contributed by atoms with Gasteiger partial charge >= 0.3 is 6.03 Å². The predicted molar refractivity (Wildman–Crippen MR) is 82.7 cm³/mol. The summed E-state index contributed by atoms with van der Waals surface area (Å²) >= 11 is 0. The Morgan fingerprint density at radius 3 is 3.05 bits per heavy atom. The summed E-state index contributed by atoms with van der Waals surface area (Å²) < 4.78 is 5.15. The number of hydrogen-bond acceptors (Lipinski definition) is 3. The Balaban J connectivity index is 2.06. The first-order chi connectivity index (χ1) is 10.2. The first-order valence-corrected chi connectivity index (χ1v) is 7.55. The molecule has 0 saturated carbocycles. The van der Waals surface area contributed by atoms with E-state index in [1.54, 1.807) is 18.1 Å². The molecule has 1 aliphatic heterocycles. The van der Waals surface area contributed by atoms with Crippen molar-refractivity contribution in [3.05, 3.63) is 24.3 Å². The quantitative estimate of drug-likeness (QED) is 0.897. The Morgan fingerprint density at radius 2 is 2.33 bits per heavy atom. The third kappa shape index (κ3) is 3.88. The fourth-order valence-electron chi connectivity index (χ4n) is 2.78. The molecule has 1 aliphatic rings. The summed E-state index contributed by atoms with van der Waals surface area (Å²) in [7, 11) is 1.60. The van der Waals surface area contributed by atoms with E-state index in [0.29, 0.717) is 24.4 Å². The number of urea groups is 1. The summed E-state index contributed by atoms with van der Waals surface area (Å²) in [4.78, 5) is 14.2. The van der Waals surface area contributed by atoms with Crippen LogP contribution in [-0.4, -0.2) is 41.8 Å². The maximum Gasteiger partial charge on any atom is 0.322 e. The van der Waals surface area contributed by atoms with Crippen LogP contribution in [0.15, 0.2) is 24.3 Å². The summed E-state index contributed by atoms with van der Waals surface area (Å²) in [5.41, 5.74) is 0.703. The Morgan fingerprint density at radius 1 is 1.52 bits per heavy atom. The molecule has 0 aromatic heterocycles. The number of aliphatic hydroxyl groups excluding tert-OH is 1. The lowest BCUT2D eigenvalue weighted by Gasteiger charge is -2.38. The number of carbonyl (C=O) groups is 1. The van der Waals surface area contributed by atoms with Crippen LogP contribution in [0.1, 0.15) is 32.6 Å². The SMILES string of the molecule is CC[C@H](O)[C@@H]1CCCCN1C(=O)Nc1cccc(OC)c1. The third-order valence-electron chi connectivity index (χ3n) is 3.99. The van der Waals surface area contributed by atoms with E-state index in [9.17, 15) is 9.90 Å². The van der Waals surface area contributed by atoms with Gasteiger partial charge in [0.05, 0.1) is 19.3 Å². The number of nitrogens with zero attached hydrogens (tertiary/aromatic N) is 1. The molecule has 0 bridgehead atoms. The van der Waals surface area contributed by atoms with E-state index in [1.165, 1.54) is 0 Å². The number of aliphatic hydroxyl groups is 1. The number of rotatable bonds is 4. The monoisotopic (exact) mass is 292 g/mol. The van der Waals surface area contributed by atoms with Crippen molar-refractivity contribution >= 4 is 11.7 Å². The van der Waals surface area contributed by atoms with E-state index in [-0.39, 0.29) is 12.1 Å². The van der Waals surface area contributed by atoms with E-state index >= 15 is 0 Å². The molecule has 0 aliphatic carbocycles. The van der Waals surface area contributed by atoms with Gasteiger partial charge in [-0.25, -0.2) is 4.79 Å². The largest absolute Gasteiger partial charge is 0.497 e. The Bertz CT molecular complexity index is 478. The fourth-order valence-corrected chi connectivity index (χ4v) is 2.78. The van der Waals surface area contributed by atoms with Crippen LogP contribution < -0.4 is 10.1 Å². The number of hydrogen-bond donors (Lipinski definition) is 2. The molecule has 5 heteroatoms. The summed E-state index contributed by atoms with van der Waals surface area (Å²) in [6.07, 6.45) is 3.11. The van der Waals surface area contributed by atoms with Crippen molar-refractivity contribution < 1.29 is 14.6 Å². The standard InChI is InChI=1S/C16H24N2O3/c1-3-15(19)14-9-4-5-10-18(14)16(20)17-12-7-6-8-13(11-12)21-2/h6-8,11,14-15,19H,3-5,9-10H2,1-2H3,(H,17,20)/t14-,15-/m0/s1. The molecule has 1 aromatic rings. The molecular formula is C16H24N2O3. The molecule has 0 radical (unpaired) electrons. The maximum atomic E-state index is 12.5. The zero-order valence-corrected chi connectivity index (χ0v) is 12.7. The number of methoxy groups -OCH3 is 1. The zero-order chi connectivity index (χ0) is 15.2. The minimum absolute atomic E-state index is 0.0886. The van der Waals surface area contributed by atoms with Crippen LogP contribution in [0.4, 0.5) is 10.5 Å². The smallest absolute Gasteiger partial charge is 0.322 e. The van der Waals surface area contributed by atoms with Gasteiger partial charge in [-0.3, -0.25) is 0 Å². The van der Waals surface area contributed by atoms with E-state index in [0.717, 1.165) is 19.3 Å². The lowest BCUT2D eigenvalue weighted by atomic mass is 9.96. The van der Waals surface area contributed by atoms with Gasteiger partial charge < -0.3 is 20.1 Å². The number of benzene rings is 1. The van der Waals surface area contributed by atoms with Crippen molar-refractivity contribution in [1.82, 2.24) is 4.90 Å². The molecule has 2 amide bonds. The molecule has 1 aromatic carbocycles. The van der Waals surface area contributed by atoms with Crippen molar-refractivity contribution in [2.24, 2.45) is 0 Å². The van der Waals surface area contributed by atoms with Crippen molar-refractivity contribution in [3.8, 4) is 5.75 Å². The molecule has 0 unspecified atom stereocenters.